The summed E-state index contributed by atoms with van der Waals surface area (Å²) in [6.07, 6.45) is 3.62. The van der Waals surface area contributed by atoms with Gasteiger partial charge in [0.25, 0.3) is 0 Å². The molecule has 2 heterocycles. The summed E-state index contributed by atoms with van der Waals surface area (Å²) in [7, 11) is -3.21. The lowest BCUT2D eigenvalue weighted by atomic mass is 10.1. The van der Waals surface area contributed by atoms with Crippen molar-refractivity contribution in [1.29, 1.82) is 0 Å². The molecule has 2 fully saturated rings. The molecule has 6 heteroatoms. The smallest absolute Gasteiger partial charge is 0.218 e. The minimum atomic E-state index is -3.21. The van der Waals surface area contributed by atoms with Crippen LogP contribution in [0.1, 0.15) is 32.1 Å². The van der Waals surface area contributed by atoms with Crippen molar-refractivity contribution in [3.05, 3.63) is 0 Å². The van der Waals surface area contributed by atoms with Crippen LogP contribution in [0.4, 0.5) is 0 Å². The van der Waals surface area contributed by atoms with E-state index in [1.807, 2.05) is 0 Å². The van der Waals surface area contributed by atoms with Crippen molar-refractivity contribution in [2.75, 3.05) is 19.8 Å². The molecule has 16 heavy (non-hydrogen) atoms. The van der Waals surface area contributed by atoms with E-state index >= 15 is 0 Å². The molecule has 1 atom stereocenters. The molecule has 2 saturated heterocycles. The minimum Gasteiger partial charge on any atom is -0.381 e. The topological polar surface area (TPSA) is 72.6 Å². The summed E-state index contributed by atoms with van der Waals surface area (Å²) in [6.45, 7) is 1.68. The molecule has 0 aromatic carbocycles. The minimum absolute atomic E-state index is 0.287. The van der Waals surface area contributed by atoms with Crippen molar-refractivity contribution in [2.24, 2.45) is 5.73 Å². The molecule has 94 valence electrons. The molecule has 0 spiro atoms. The molecule has 2 N–H and O–H groups in total. The summed E-state index contributed by atoms with van der Waals surface area (Å²) in [4.78, 5) is 0. The molecular weight excluding hydrogens is 228 g/mol. The van der Waals surface area contributed by atoms with Crippen molar-refractivity contribution in [3.8, 4) is 0 Å². The zero-order valence-electron chi connectivity index (χ0n) is 9.47. The fraction of sp³-hybridized carbons (Fsp3) is 1.00. The van der Waals surface area contributed by atoms with Gasteiger partial charge < -0.3 is 10.5 Å². The summed E-state index contributed by atoms with van der Waals surface area (Å²) >= 11 is 0. The summed E-state index contributed by atoms with van der Waals surface area (Å²) < 4.78 is 31.4. The van der Waals surface area contributed by atoms with Crippen molar-refractivity contribution in [1.82, 2.24) is 4.31 Å². The zero-order chi connectivity index (χ0) is 11.6. The Morgan fingerprint density at radius 3 is 2.44 bits per heavy atom. The van der Waals surface area contributed by atoms with Crippen LogP contribution in [0.15, 0.2) is 0 Å². The van der Waals surface area contributed by atoms with Gasteiger partial charge in [-0.15, -0.1) is 0 Å². The molecular formula is C10H20N2O3S. The van der Waals surface area contributed by atoms with Crippen molar-refractivity contribution in [2.45, 2.75) is 43.5 Å². The number of sulfonamides is 1. The van der Waals surface area contributed by atoms with Gasteiger partial charge in [-0.1, -0.05) is 0 Å². The largest absolute Gasteiger partial charge is 0.381 e. The maximum absolute atomic E-state index is 12.3. The third-order valence-corrected chi connectivity index (χ3v) is 5.84. The first-order valence-corrected chi connectivity index (χ1v) is 7.46. The SMILES string of the molecule is NC1CCCCN1S(=O)(=O)C1CCOCC1. The van der Waals surface area contributed by atoms with Gasteiger partial charge in [0.2, 0.25) is 10.0 Å². The highest BCUT2D eigenvalue weighted by Gasteiger charge is 2.37. The highest BCUT2D eigenvalue weighted by Crippen LogP contribution is 2.24. The van der Waals surface area contributed by atoms with Gasteiger partial charge in [-0.25, -0.2) is 8.42 Å². The molecule has 0 aromatic heterocycles. The van der Waals surface area contributed by atoms with E-state index in [1.165, 1.54) is 4.31 Å². The van der Waals surface area contributed by atoms with Crippen LogP contribution in [-0.2, 0) is 14.8 Å². The number of nitrogens with zero attached hydrogens (tertiary/aromatic N) is 1. The Kier molecular flexibility index (Phi) is 3.84. The van der Waals surface area contributed by atoms with Gasteiger partial charge in [0, 0.05) is 19.8 Å². The first-order chi connectivity index (χ1) is 7.62. The van der Waals surface area contributed by atoms with Crippen LogP contribution < -0.4 is 5.73 Å². The Bertz CT molecular complexity index is 325. The van der Waals surface area contributed by atoms with Crippen LogP contribution >= 0.6 is 0 Å². The maximum atomic E-state index is 12.3. The van der Waals surface area contributed by atoms with E-state index in [4.69, 9.17) is 10.5 Å². The number of nitrogens with two attached hydrogens (primary N) is 1. The highest BCUT2D eigenvalue weighted by atomic mass is 32.2. The molecule has 0 aliphatic carbocycles. The molecule has 0 amide bonds. The number of ether oxygens (including phenoxy) is 1. The molecule has 0 aromatic rings. The first kappa shape index (κ1) is 12.3. The Balaban J connectivity index is 2.10. The normalized spacial score (nSPS) is 30.4. The van der Waals surface area contributed by atoms with E-state index in [0.717, 1.165) is 19.3 Å². The van der Waals surface area contributed by atoms with Crippen LogP contribution in [0.2, 0.25) is 0 Å². The molecule has 0 radical (unpaired) electrons. The second kappa shape index (κ2) is 5.00. The van der Waals surface area contributed by atoms with E-state index in [1.54, 1.807) is 0 Å². The van der Waals surface area contributed by atoms with E-state index < -0.39 is 10.0 Å². The van der Waals surface area contributed by atoms with Crippen LogP contribution in [0.25, 0.3) is 0 Å². The van der Waals surface area contributed by atoms with Gasteiger partial charge >= 0.3 is 0 Å². The molecule has 2 aliphatic rings. The lowest BCUT2D eigenvalue weighted by Crippen LogP contribution is -2.52. The summed E-state index contributed by atoms with van der Waals surface area (Å²) in [6, 6.07) is 0. The average Bonchev–Trinajstić information content (AvgIpc) is 2.30. The molecule has 2 rings (SSSR count). The molecule has 0 saturated carbocycles. The lowest BCUT2D eigenvalue weighted by Gasteiger charge is -2.35. The predicted octanol–water partition coefficient (Wildman–Crippen LogP) is 0.266. The van der Waals surface area contributed by atoms with Gasteiger partial charge in [-0.3, -0.25) is 0 Å². The summed E-state index contributed by atoms with van der Waals surface area (Å²) in [5, 5.41) is -0.287. The van der Waals surface area contributed by atoms with Crippen LogP contribution in [0.5, 0.6) is 0 Å². The number of hydrogen-bond acceptors (Lipinski definition) is 4. The molecule has 5 nitrogen and oxygen atoms in total. The van der Waals surface area contributed by atoms with E-state index in [2.05, 4.69) is 0 Å². The lowest BCUT2D eigenvalue weighted by molar-refractivity contribution is 0.0963. The highest BCUT2D eigenvalue weighted by molar-refractivity contribution is 7.89. The van der Waals surface area contributed by atoms with Crippen molar-refractivity contribution in [3.63, 3.8) is 0 Å². The fourth-order valence-corrected chi connectivity index (χ4v) is 4.45. The second-order valence-electron chi connectivity index (χ2n) is 4.53. The summed E-state index contributed by atoms with van der Waals surface area (Å²) in [5.41, 5.74) is 5.89. The third kappa shape index (κ3) is 2.40. The Labute approximate surface area is 97.0 Å². The monoisotopic (exact) mass is 248 g/mol. The van der Waals surface area contributed by atoms with Gasteiger partial charge in [0.05, 0.1) is 11.4 Å². The van der Waals surface area contributed by atoms with Crippen LogP contribution in [-0.4, -0.2) is 43.9 Å². The third-order valence-electron chi connectivity index (χ3n) is 3.41. The first-order valence-electron chi connectivity index (χ1n) is 5.96. The van der Waals surface area contributed by atoms with Gasteiger partial charge in [-0.2, -0.15) is 4.31 Å². The maximum Gasteiger partial charge on any atom is 0.218 e. The number of rotatable bonds is 2. The standard InChI is InChI=1S/C10H20N2O3S/c11-10-3-1-2-6-12(10)16(13,14)9-4-7-15-8-5-9/h9-10H,1-8,11H2. The van der Waals surface area contributed by atoms with Crippen molar-refractivity contribution >= 4 is 10.0 Å². The predicted molar refractivity (Wildman–Crippen MR) is 61.3 cm³/mol. The van der Waals surface area contributed by atoms with Crippen molar-refractivity contribution < 1.29 is 13.2 Å². The molecule has 0 bridgehead atoms. The Morgan fingerprint density at radius 2 is 1.81 bits per heavy atom. The van der Waals surface area contributed by atoms with Crippen LogP contribution in [0, 0.1) is 0 Å². The fourth-order valence-electron chi connectivity index (χ4n) is 2.41. The van der Waals surface area contributed by atoms with Gasteiger partial charge in [0.1, 0.15) is 0 Å². The Morgan fingerprint density at radius 1 is 1.12 bits per heavy atom. The van der Waals surface area contributed by atoms with E-state index in [9.17, 15) is 8.42 Å². The van der Waals surface area contributed by atoms with Gasteiger partial charge in [0.15, 0.2) is 0 Å². The zero-order valence-corrected chi connectivity index (χ0v) is 10.3. The molecule has 2 aliphatic heterocycles. The quantitative estimate of drug-likeness (QED) is 0.761. The second-order valence-corrected chi connectivity index (χ2v) is 6.70. The number of hydrogen-bond donors (Lipinski definition) is 1. The van der Waals surface area contributed by atoms with Gasteiger partial charge in [-0.05, 0) is 32.1 Å². The van der Waals surface area contributed by atoms with E-state index in [0.29, 0.717) is 32.6 Å². The van der Waals surface area contributed by atoms with E-state index in [-0.39, 0.29) is 11.4 Å². The molecule has 1 unspecified atom stereocenters. The Hall–Kier alpha value is -0.170. The van der Waals surface area contributed by atoms with Crippen LogP contribution in [0.3, 0.4) is 0 Å². The summed E-state index contributed by atoms with van der Waals surface area (Å²) in [5.74, 6) is 0. The number of piperidine rings is 1. The average molecular weight is 248 g/mol.